The first-order valence-electron chi connectivity index (χ1n) is 5.67. The predicted molar refractivity (Wildman–Crippen MR) is 66.6 cm³/mol. The van der Waals surface area contributed by atoms with Crippen molar-refractivity contribution in [2.75, 3.05) is 6.61 Å². The van der Waals surface area contributed by atoms with Crippen LogP contribution in [0.4, 0.5) is 0 Å². The summed E-state index contributed by atoms with van der Waals surface area (Å²) >= 11 is 0. The summed E-state index contributed by atoms with van der Waals surface area (Å²) in [5, 5.41) is 0. The quantitative estimate of drug-likeness (QED) is 0.816. The number of aryl methyl sites for hydroxylation is 1. The molecule has 0 radical (unpaired) electrons. The fourth-order valence-electron chi connectivity index (χ4n) is 1.38. The third-order valence-corrected chi connectivity index (χ3v) is 2.29. The highest BCUT2D eigenvalue weighted by Gasteiger charge is 2.14. The van der Waals surface area contributed by atoms with Gasteiger partial charge in [0.2, 0.25) is 0 Å². The van der Waals surface area contributed by atoms with Gasteiger partial charge in [0, 0.05) is 18.6 Å². The number of ether oxygens (including phenoxy) is 1. The maximum Gasteiger partial charge on any atom is 0.345 e. The zero-order valence-corrected chi connectivity index (χ0v) is 10.5. The Kier molecular flexibility index (Phi) is 3.65. The fourth-order valence-corrected chi connectivity index (χ4v) is 1.38. The second-order valence-corrected chi connectivity index (χ2v) is 3.78. The average molecular weight is 260 g/mol. The summed E-state index contributed by atoms with van der Waals surface area (Å²) in [5.74, 6) is -0.205. The van der Waals surface area contributed by atoms with Crippen molar-refractivity contribution in [1.82, 2.24) is 19.9 Å². The molecular formula is C12H12N4O3. The molecule has 2 aromatic heterocycles. The number of esters is 1. The van der Waals surface area contributed by atoms with Crippen LogP contribution in [0.5, 0.6) is 0 Å². The highest BCUT2D eigenvalue weighted by Crippen LogP contribution is 2.06. The average Bonchev–Trinajstić information content (AvgIpc) is 2.39. The first kappa shape index (κ1) is 12.9. The van der Waals surface area contributed by atoms with Crippen LogP contribution in [0.25, 0.3) is 11.6 Å². The topological polar surface area (TPSA) is 97.8 Å². The molecule has 0 saturated heterocycles. The van der Waals surface area contributed by atoms with E-state index in [0.717, 1.165) is 11.8 Å². The zero-order valence-electron chi connectivity index (χ0n) is 10.5. The van der Waals surface area contributed by atoms with Gasteiger partial charge in [-0.2, -0.15) is 0 Å². The molecular weight excluding hydrogens is 248 g/mol. The molecule has 0 aliphatic rings. The third kappa shape index (κ3) is 2.82. The lowest BCUT2D eigenvalue weighted by Gasteiger charge is -2.02. The maximum atomic E-state index is 11.7. The maximum absolute atomic E-state index is 11.7. The molecule has 0 amide bonds. The van der Waals surface area contributed by atoms with E-state index in [-0.39, 0.29) is 23.8 Å². The van der Waals surface area contributed by atoms with Crippen molar-refractivity contribution in [3.63, 3.8) is 0 Å². The lowest BCUT2D eigenvalue weighted by Crippen LogP contribution is -2.21. The molecule has 2 aromatic rings. The summed E-state index contributed by atoms with van der Waals surface area (Å²) in [6, 6.07) is 0. The van der Waals surface area contributed by atoms with Crippen LogP contribution >= 0.6 is 0 Å². The molecule has 0 bridgehead atoms. The normalized spacial score (nSPS) is 10.2. The van der Waals surface area contributed by atoms with Crippen molar-refractivity contribution < 1.29 is 9.53 Å². The standard InChI is InChI=1S/C12H12N4O3/c1-3-19-12(18)8-6-15-10(16-11(8)17)9-13-4-7(2)5-14-9/h4-6H,3H2,1-2H3,(H,15,16,17). The van der Waals surface area contributed by atoms with Crippen LogP contribution in [0.1, 0.15) is 22.8 Å². The molecule has 2 heterocycles. The third-order valence-electron chi connectivity index (χ3n) is 2.29. The van der Waals surface area contributed by atoms with Gasteiger partial charge in [0.25, 0.3) is 5.56 Å². The highest BCUT2D eigenvalue weighted by molar-refractivity contribution is 5.88. The van der Waals surface area contributed by atoms with Crippen molar-refractivity contribution in [3.8, 4) is 11.6 Å². The van der Waals surface area contributed by atoms with Crippen molar-refractivity contribution in [1.29, 1.82) is 0 Å². The number of nitrogens with one attached hydrogen (secondary N) is 1. The van der Waals surface area contributed by atoms with E-state index < -0.39 is 11.5 Å². The summed E-state index contributed by atoms with van der Waals surface area (Å²) in [4.78, 5) is 37.7. The van der Waals surface area contributed by atoms with Crippen LogP contribution < -0.4 is 5.56 Å². The molecule has 7 heteroatoms. The smallest absolute Gasteiger partial charge is 0.345 e. The minimum atomic E-state index is -0.701. The fraction of sp³-hybridized carbons (Fsp3) is 0.250. The van der Waals surface area contributed by atoms with E-state index in [9.17, 15) is 9.59 Å². The summed E-state index contributed by atoms with van der Waals surface area (Å²) < 4.78 is 4.74. The molecule has 0 spiro atoms. The minimum Gasteiger partial charge on any atom is -0.462 e. The van der Waals surface area contributed by atoms with Crippen LogP contribution in [-0.2, 0) is 4.74 Å². The van der Waals surface area contributed by atoms with Crippen molar-refractivity contribution in [3.05, 3.63) is 40.1 Å². The van der Waals surface area contributed by atoms with Crippen LogP contribution in [0.2, 0.25) is 0 Å². The van der Waals surface area contributed by atoms with Crippen LogP contribution in [0.15, 0.2) is 23.4 Å². The second kappa shape index (κ2) is 5.38. The Morgan fingerprint density at radius 1 is 1.26 bits per heavy atom. The molecule has 0 atom stereocenters. The number of aromatic amines is 1. The Morgan fingerprint density at radius 2 is 1.95 bits per heavy atom. The molecule has 19 heavy (non-hydrogen) atoms. The van der Waals surface area contributed by atoms with Crippen LogP contribution in [0.3, 0.4) is 0 Å². The molecule has 0 aromatic carbocycles. The number of carbonyl (C=O) groups is 1. The van der Waals surface area contributed by atoms with E-state index in [1.54, 1.807) is 19.3 Å². The van der Waals surface area contributed by atoms with Crippen molar-refractivity contribution in [2.45, 2.75) is 13.8 Å². The molecule has 0 unspecified atom stereocenters. The van der Waals surface area contributed by atoms with Gasteiger partial charge in [-0.15, -0.1) is 0 Å². The minimum absolute atomic E-state index is 0.141. The molecule has 1 N–H and O–H groups in total. The van der Waals surface area contributed by atoms with E-state index in [1.807, 2.05) is 6.92 Å². The van der Waals surface area contributed by atoms with E-state index in [2.05, 4.69) is 19.9 Å². The number of nitrogens with zero attached hydrogens (tertiary/aromatic N) is 3. The van der Waals surface area contributed by atoms with Gasteiger partial charge in [0.15, 0.2) is 11.6 Å². The van der Waals surface area contributed by atoms with Crippen molar-refractivity contribution >= 4 is 5.97 Å². The Labute approximate surface area is 108 Å². The van der Waals surface area contributed by atoms with Gasteiger partial charge >= 0.3 is 5.97 Å². The van der Waals surface area contributed by atoms with Gasteiger partial charge in [-0.1, -0.05) is 0 Å². The monoisotopic (exact) mass is 260 g/mol. The zero-order chi connectivity index (χ0) is 13.8. The SMILES string of the molecule is CCOC(=O)c1cnc(-c2ncc(C)cn2)[nH]c1=O. The van der Waals surface area contributed by atoms with Gasteiger partial charge < -0.3 is 9.72 Å². The molecule has 0 aliphatic carbocycles. The summed E-state index contributed by atoms with van der Waals surface area (Å²) in [6.45, 7) is 3.71. The highest BCUT2D eigenvalue weighted by atomic mass is 16.5. The van der Waals surface area contributed by atoms with E-state index in [4.69, 9.17) is 4.74 Å². The predicted octanol–water partition coefficient (Wildman–Crippen LogP) is 0.712. The second-order valence-electron chi connectivity index (χ2n) is 3.78. The summed E-state index contributed by atoms with van der Waals surface area (Å²) in [7, 11) is 0. The first-order valence-corrected chi connectivity index (χ1v) is 5.67. The van der Waals surface area contributed by atoms with Gasteiger partial charge in [0.1, 0.15) is 5.56 Å². The molecule has 0 aliphatic heterocycles. The number of H-pyrrole nitrogens is 1. The largest absolute Gasteiger partial charge is 0.462 e. The van der Waals surface area contributed by atoms with Gasteiger partial charge in [-0.05, 0) is 19.4 Å². The number of carbonyl (C=O) groups excluding carboxylic acids is 1. The molecule has 98 valence electrons. The molecule has 7 nitrogen and oxygen atoms in total. The Bertz CT molecular complexity index is 649. The summed E-state index contributed by atoms with van der Waals surface area (Å²) in [5.41, 5.74) is 0.180. The first-order chi connectivity index (χ1) is 9.11. The lowest BCUT2D eigenvalue weighted by molar-refractivity contribution is 0.0524. The number of aromatic nitrogens is 4. The Hall–Kier alpha value is -2.57. The van der Waals surface area contributed by atoms with Gasteiger partial charge in [0.05, 0.1) is 6.61 Å². The lowest BCUT2D eigenvalue weighted by atomic mass is 10.3. The number of hydrogen-bond acceptors (Lipinski definition) is 6. The van der Waals surface area contributed by atoms with Crippen LogP contribution in [0, 0.1) is 6.92 Å². The molecule has 0 fully saturated rings. The van der Waals surface area contributed by atoms with E-state index in [1.165, 1.54) is 0 Å². The van der Waals surface area contributed by atoms with Gasteiger partial charge in [-0.3, -0.25) is 4.79 Å². The number of rotatable bonds is 3. The number of hydrogen-bond donors (Lipinski definition) is 1. The van der Waals surface area contributed by atoms with E-state index >= 15 is 0 Å². The molecule has 2 rings (SSSR count). The molecule has 0 saturated carbocycles. The van der Waals surface area contributed by atoms with Crippen molar-refractivity contribution in [2.24, 2.45) is 0 Å². The van der Waals surface area contributed by atoms with Crippen LogP contribution in [-0.4, -0.2) is 32.5 Å². The summed E-state index contributed by atoms with van der Waals surface area (Å²) in [6.07, 6.45) is 4.39. The Morgan fingerprint density at radius 3 is 2.53 bits per heavy atom. The Balaban J connectivity index is 2.36. The van der Waals surface area contributed by atoms with Gasteiger partial charge in [-0.25, -0.2) is 19.7 Å². The van der Waals surface area contributed by atoms with E-state index in [0.29, 0.717) is 0 Å².